The van der Waals surface area contributed by atoms with Gasteiger partial charge in [0.25, 0.3) is 0 Å². The predicted octanol–water partition coefficient (Wildman–Crippen LogP) is 1.79. The maximum absolute atomic E-state index is 13.4. The summed E-state index contributed by atoms with van der Waals surface area (Å²) in [5.41, 5.74) is -0.264. The lowest BCUT2D eigenvalue weighted by Crippen LogP contribution is -2.52. The van der Waals surface area contributed by atoms with Crippen LogP contribution in [-0.4, -0.2) is 69.2 Å². The quantitative estimate of drug-likeness (QED) is 0.748. The first-order chi connectivity index (χ1) is 14.0. The molecule has 29 heavy (non-hydrogen) atoms. The highest BCUT2D eigenvalue weighted by atomic mass is 32.2. The number of para-hydroxylation sites is 1. The second-order valence-electron chi connectivity index (χ2n) is 7.60. The molecule has 0 unspecified atom stereocenters. The molecule has 0 saturated carbocycles. The number of benzene rings is 1. The van der Waals surface area contributed by atoms with Crippen molar-refractivity contribution in [2.45, 2.75) is 17.7 Å². The third-order valence-corrected chi connectivity index (χ3v) is 7.60. The minimum absolute atomic E-state index is 0.223. The molecule has 0 bridgehead atoms. The second-order valence-corrected chi connectivity index (χ2v) is 9.51. The van der Waals surface area contributed by atoms with E-state index in [1.165, 1.54) is 0 Å². The highest BCUT2D eigenvalue weighted by molar-refractivity contribution is 7.89. The van der Waals surface area contributed by atoms with Gasteiger partial charge in [0.15, 0.2) is 0 Å². The molecule has 4 rings (SSSR count). The molecule has 8 nitrogen and oxygen atoms in total. The van der Waals surface area contributed by atoms with Gasteiger partial charge < -0.3 is 14.4 Å². The maximum Gasteiger partial charge on any atom is 0.246 e. The molecular weight excluding hydrogens is 392 g/mol. The number of nitrogens with zero attached hydrogens (tertiary/aromatic N) is 4. The minimum Gasteiger partial charge on any atom is -0.492 e. The Balaban J connectivity index is 1.61. The van der Waals surface area contributed by atoms with Crippen LogP contribution >= 0.6 is 0 Å². The molecule has 156 valence electrons. The zero-order valence-electron chi connectivity index (χ0n) is 16.5. The van der Waals surface area contributed by atoms with E-state index in [2.05, 4.69) is 14.9 Å². The first-order valence-electron chi connectivity index (χ1n) is 9.77. The Bertz CT molecular complexity index is 931. The van der Waals surface area contributed by atoms with Crippen LogP contribution in [-0.2, 0) is 14.8 Å². The number of aromatic nitrogens is 2. The van der Waals surface area contributed by atoms with Crippen LogP contribution in [0.5, 0.6) is 5.75 Å². The molecule has 3 heterocycles. The summed E-state index contributed by atoms with van der Waals surface area (Å²) in [4.78, 5) is 11.0. The SMILES string of the molecule is COCCN1CC2(CCN(c3ncccn3)CC2)COc2ccccc2S1(=O)=O. The van der Waals surface area contributed by atoms with Gasteiger partial charge >= 0.3 is 0 Å². The molecule has 1 saturated heterocycles. The average molecular weight is 419 g/mol. The molecular formula is C20H26N4O4S. The average Bonchev–Trinajstić information content (AvgIpc) is 2.76. The Kier molecular flexibility index (Phi) is 5.71. The summed E-state index contributed by atoms with van der Waals surface area (Å²) in [6, 6.07) is 8.67. The van der Waals surface area contributed by atoms with Crippen molar-refractivity contribution in [3.8, 4) is 5.75 Å². The van der Waals surface area contributed by atoms with Gasteiger partial charge in [-0.2, -0.15) is 4.31 Å². The monoisotopic (exact) mass is 418 g/mol. The van der Waals surface area contributed by atoms with Gasteiger partial charge in [0.2, 0.25) is 16.0 Å². The van der Waals surface area contributed by atoms with E-state index in [9.17, 15) is 8.42 Å². The highest BCUT2D eigenvalue weighted by Crippen LogP contribution is 2.39. The molecule has 0 atom stereocenters. The second kappa shape index (κ2) is 8.25. The van der Waals surface area contributed by atoms with Crippen molar-refractivity contribution in [2.75, 3.05) is 51.4 Å². The summed E-state index contributed by atoms with van der Waals surface area (Å²) in [6.07, 6.45) is 5.07. The molecule has 0 amide bonds. The number of sulfonamides is 1. The normalized spacial score (nSPS) is 21.1. The maximum atomic E-state index is 13.4. The lowest BCUT2D eigenvalue weighted by atomic mass is 9.79. The zero-order valence-corrected chi connectivity index (χ0v) is 17.3. The molecule has 1 aromatic heterocycles. The van der Waals surface area contributed by atoms with Crippen LogP contribution in [0.1, 0.15) is 12.8 Å². The topological polar surface area (TPSA) is 84.9 Å². The van der Waals surface area contributed by atoms with Gasteiger partial charge in [-0.25, -0.2) is 18.4 Å². The van der Waals surface area contributed by atoms with Crippen LogP contribution in [0.25, 0.3) is 0 Å². The Morgan fingerprint density at radius 3 is 2.59 bits per heavy atom. The van der Waals surface area contributed by atoms with Crippen LogP contribution < -0.4 is 9.64 Å². The number of ether oxygens (including phenoxy) is 2. The van der Waals surface area contributed by atoms with Crippen molar-refractivity contribution in [3.63, 3.8) is 0 Å². The number of hydrogen-bond donors (Lipinski definition) is 0. The van der Waals surface area contributed by atoms with E-state index in [1.807, 2.05) is 0 Å². The fraction of sp³-hybridized carbons (Fsp3) is 0.500. The van der Waals surface area contributed by atoms with Crippen molar-refractivity contribution in [3.05, 3.63) is 42.7 Å². The number of methoxy groups -OCH3 is 1. The lowest BCUT2D eigenvalue weighted by molar-refractivity contribution is 0.0735. The van der Waals surface area contributed by atoms with E-state index in [-0.39, 0.29) is 10.3 Å². The van der Waals surface area contributed by atoms with Crippen LogP contribution in [0.4, 0.5) is 5.95 Å². The van der Waals surface area contributed by atoms with Crippen LogP contribution in [0.15, 0.2) is 47.6 Å². The number of fused-ring (bicyclic) bond motifs is 1. The van der Waals surface area contributed by atoms with E-state index in [0.717, 1.165) is 25.9 Å². The summed E-state index contributed by atoms with van der Waals surface area (Å²) in [5, 5.41) is 0. The van der Waals surface area contributed by atoms with Crippen molar-refractivity contribution in [1.29, 1.82) is 0 Å². The van der Waals surface area contributed by atoms with Crippen LogP contribution in [0.2, 0.25) is 0 Å². The molecule has 0 N–H and O–H groups in total. The van der Waals surface area contributed by atoms with Gasteiger partial charge in [-0.05, 0) is 31.0 Å². The first kappa shape index (κ1) is 20.1. The van der Waals surface area contributed by atoms with E-state index in [0.29, 0.717) is 38.0 Å². The van der Waals surface area contributed by atoms with E-state index in [4.69, 9.17) is 9.47 Å². The highest BCUT2D eigenvalue weighted by Gasteiger charge is 2.43. The third kappa shape index (κ3) is 4.08. The number of hydrogen-bond acceptors (Lipinski definition) is 7. The summed E-state index contributed by atoms with van der Waals surface area (Å²) < 4.78 is 39.5. The molecule has 1 spiro atoms. The third-order valence-electron chi connectivity index (χ3n) is 5.72. The molecule has 0 aliphatic carbocycles. The van der Waals surface area contributed by atoms with Gasteiger partial charge in [0, 0.05) is 51.1 Å². The number of piperidine rings is 1. The summed E-state index contributed by atoms with van der Waals surface area (Å²) in [7, 11) is -2.08. The van der Waals surface area contributed by atoms with Crippen LogP contribution in [0.3, 0.4) is 0 Å². The zero-order chi connectivity index (χ0) is 20.3. The van der Waals surface area contributed by atoms with Crippen molar-refractivity contribution < 1.29 is 17.9 Å². The molecule has 9 heteroatoms. The molecule has 0 radical (unpaired) electrons. The van der Waals surface area contributed by atoms with Crippen LogP contribution in [0, 0.1) is 5.41 Å². The fourth-order valence-corrected chi connectivity index (χ4v) is 5.66. The standard InChI is InChI=1S/C20H26N4O4S/c1-27-14-13-24-15-20(7-11-23(12-8-20)19-21-9-4-10-22-19)16-28-17-5-2-3-6-18(17)29(24,25)26/h2-6,9-10H,7-8,11-16H2,1H3. The molecule has 1 fully saturated rings. The Morgan fingerprint density at radius 1 is 1.14 bits per heavy atom. The minimum atomic E-state index is -3.67. The summed E-state index contributed by atoms with van der Waals surface area (Å²) in [5.74, 6) is 1.13. The van der Waals surface area contributed by atoms with Gasteiger partial charge in [0.1, 0.15) is 10.6 Å². The molecule has 2 aliphatic heterocycles. The summed E-state index contributed by atoms with van der Waals surface area (Å²) in [6.45, 7) is 3.08. The smallest absolute Gasteiger partial charge is 0.246 e. The van der Waals surface area contributed by atoms with Crippen molar-refractivity contribution >= 4 is 16.0 Å². The Labute approximate surface area is 171 Å². The number of anilines is 1. The fourth-order valence-electron chi connectivity index (χ4n) is 3.99. The Hall–Kier alpha value is -2.23. The number of rotatable bonds is 4. The molecule has 2 aliphatic rings. The van der Waals surface area contributed by atoms with Crippen molar-refractivity contribution in [2.24, 2.45) is 5.41 Å². The first-order valence-corrected chi connectivity index (χ1v) is 11.2. The van der Waals surface area contributed by atoms with Gasteiger partial charge in [0.05, 0.1) is 13.2 Å². The molecule has 1 aromatic carbocycles. The van der Waals surface area contributed by atoms with E-state index < -0.39 is 10.0 Å². The van der Waals surface area contributed by atoms with Gasteiger partial charge in [-0.3, -0.25) is 0 Å². The van der Waals surface area contributed by atoms with Gasteiger partial charge in [-0.1, -0.05) is 12.1 Å². The van der Waals surface area contributed by atoms with E-state index >= 15 is 0 Å². The Morgan fingerprint density at radius 2 is 1.86 bits per heavy atom. The van der Waals surface area contributed by atoms with E-state index in [1.54, 1.807) is 54.1 Å². The lowest BCUT2D eigenvalue weighted by Gasteiger charge is -2.44. The van der Waals surface area contributed by atoms with Gasteiger partial charge in [-0.15, -0.1) is 0 Å². The predicted molar refractivity (Wildman–Crippen MR) is 108 cm³/mol. The largest absolute Gasteiger partial charge is 0.492 e. The summed E-state index contributed by atoms with van der Waals surface area (Å²) >= 11 is 0. The van der Waals surface area contributed by atoms with Crippen molar-refractivity contribution in [1.82, 2.24) is 14.3 Å². The molecule has 2 aromatic rings.